The third-order valence-corrected chi connectivity index (χ3v) is 5.55. The highest BCUT2D eigenvalue weighted by Gasteiger charge is 2.30. The van der Waals surface area contributed by atoms with Gasteiger partial charge in [0.25, 0.3) is 0 Å². The topological polar surface area (TPSA) is 81.8 Å². The van der Waals surface area contributed by atoms with Crippen molar-refractivity contribution >= 4 is 5.91 Å². The summed E-state index contributed by atoms with van der Waals surface area (Å²) < 4.78 is 3.25. The van der Waals surface area contributed by atoms with Gasteiger partial charge < -0.3 is 5.32 Å². The van der Waals surface area contributed by atoms with Gasteiger partial charge in [0.05, 0.1) is 6.54 Å². The molecule has 0 bridgehead atoms. The van der Waals surface area contributed by atoms with Crippen LogP contribution in [0.1, 0.15) is 57.4 Å². The minimum atomic E-state index is -0.0992. The molecule has 0 unspecified atom stereocenters. The Morgan fingerprint density at radius 3 is 2.70 bits per heavy atom. The largest absolute Gasteiger partial charge is 0.354 e. The van der Waals surface area contributed by atoms with Crippen molar-refractivity contribution in [3.05, 3.63) is 35.0 Å². The lowest BCUT2D eigenvalue weighted by Crippen LogP contribution is -2.33. The predicted octanol–water partition coefficient (Wildman–Crippen LogP) is 2.53. The molecule has 2 aliphatic carbocycles. The summed E-state index contributed by atoms with van der Waals surface area (Å²) in [5.41, 5.74) is 0.750. The number of aromatic nitrogens is 4. The van der Waals surface area contributed by atoms with Crippen LogP contribution in [-0.4, -0.2) is 31.8 Å². The summed E-state index contributed by atoms with van der Waals surface area (Å²) in [6.45, 7) is 0.821. The molecule has 0 aromatic carbocycles. The number of rotatable bonds is 7. The molecule has 2 saturated carbocycles. The monoisotopic (exact) mass is 369 g/mol. The van der Waals surface area contributed by atoms with E-state index in [2.05, 4.69) is 15.4 Å². The van der Waals surface area contributed by atoms with E-state index in [1.807, 2.05) is 12.1 Å². The van der Waals surface area contributed by atoms with Crippen molar-refractivity contribution in [2.24, 2.45) is 5.92 Å². The van der Waals surface area contributed by atoms with E-state index >= 15 is 0 Å². The summed E-state index contributed by atoms with van der Waals surface area (Å²) in [6.07, 6.45) is 12.2. The van der Waals surface area contributed by atoms with Gasteiger partial charge >= 0.3 is 5.69 Å². The molecule has 7 heteroatoms. The first-order valence-corrected chi connectivity index (χ1v) is 10.1. The smallest absolute Gasteiger partial charge is 0.346 e. The standard InChI is InChI=1S/C20H27N5O2/c26-18(13-15-5-2-1-3-6-15)22-11-12-24-20(27)25(17-8-9-17)19(23-24)16-7-4-10-21-14-16/h4,7,10,14-15,17H,1-3,5-6,8-9,11-13H2,(H,22,26). The highest BCUT2D eigenvalue weighted by atomic mass is 16.2. The van der Waals surface area contributed by atoms with Gasteiger partial charge in [-0.15, -0.1) is 5.10 Å². The minimum absolute atomic E-state index is 0.0871. The zero-order chi connectivity index (χ0) is 18.6. The summed E-state index contributed by atoms with van der Waals surface area (Å²) in [4.78, 5) is 29.1. The molecule has 0 radical (unpaired) electrons. The summed E-state index contributed by atoms with van der Waals surface area (Å²) in [6, 6.07) is 4.01. The third kappa shape index (κ3) is 4.28. The van der Waals surface area contributed by atoms with Crippen LogP contribution in [0.4, 0.5) is 0 Å². The molecule has 0 saturated heterocycles. The molecule has 7 nitrogen and oxygen atoms in total. The maximum absolute atomic E-state index is 12.8. The Bertz CT molecular complexity index is 832. The van der Waals surface area contributed by atoms with Gasteiger partial charge in [0.15, 0.2) is 5.82 Å². The van der Waals surface area contributed by atoms with Crippen LogP contribution in [0.5, 0.6) is 0 Å². The van der Waals surface area contributed by atoms with Crippen LogP contribution in [0, 0.1) is 5.92 Å². The fourth-order valence-corrected chi connectivity index (χ4v) is 3.95. The summed E-state index contributed by atoms with van der Waals surface area (Å²) in [5.74, 6) is 1.28. The molecular weight excluding hydrogens is 342 g/mol. The van der Waals surface area contributed by atoms with E-state index in [0.717, 1.165) is 31.2 Å². The van der Waals surface area contributed by atoms with Gasteiger partial charge in [0.2, 0.25) is 5.91 Å². The highest BCUT2D eigenvalue weighted by molar-refractivity contribution is 5.76. The minimum Gasteiger partial charge on any atom is -0.354 e. The Hall–Kier alpha value is -2.44. The van der Waals surface area contributed by atoms with Crippen LogP contribution in [0.25, 0.3) is 11.4 Å². The lowest BCUT2D eigenvalue weighted by molar-refractivity contribution is -0.122. The maximum atomic E-state index is 12.8. The number of pyridine rings is 1. The normalized spacial score (nSPS) is 17.8. The van der Waals surface area contributed by atoms with Crippen LogP contribution in [0.15, 0.2) is 29.3 Å². The molecular formula is C20H27N5O2. The van der Waals surface area contributed by atoms with Crippen molar-refractivity contribution in [2.45, 2.75) is 64.0 Å². The molecule has 2 aliphatic rings. The van der Waals surface area contributed by atoms with E-state index in [0.29, 0.717) is 31.3 Å². The predicted molar refractivity (Wildman–Crippen MR) is 102 cm³/mol. The lowest BCUT2D eigenvalue weighted by Gasteiger charge is -2.20. The molecule has 0 spiro atoms. The zero-order valence-electron chi connectivity index (χ0n) is 15.6. The quantitative estimate of drug-likeness (QED) is 0.813. The van der Waals surface area contributed by atoms with Crippen LogP contribution in [0.2, 0.25) is 0 Å². The van der Waals surface area contributed by atoms with Crippen LogP contribution < -0.4 is 11.0 Å². The van der Waals surface area contributed by atoms with E-state index in [1.165, 1.54) is 23.9 Å². The Labute approximate surface area is 158 Å². The van der Waals surface area contributed by atoms with Crippen molar-refractivity contribution in [1.82, 2.24) is 24.6 Å². The van der Waals surface area contributed by atoms with Gasteiger partial charge in [-0.05, 0) is 43.7 Å². The molecule has 1 N–H and O–H groups in total. The van der Waals surface area contributed by atoms with Crippen LogP contribution in [0.3, 0.4) is 0 Å². The van der Waals surface area contributed by atoms with Gasteiger partial charge in [-0.2, -0.15) is 0 Å². The fraction of sp³-hybridized carbons (Fsp3) is 0.600. The second-order valence-corrected chi connectivity index (χ2v) is 7.73. The lowest BCUT2D eigenvalue weighted by atomic mass is 9.87. The van der Waals surface area contributed by atoms with Crippen molar-refractivity contribution in [2.75, 3.05) is 6.54 Å². The van der Waals surface area contributed by atoms with E-state index in [4.69, 9.17) is 0 Å². The number of hydrogen-bond acceptors (Lipinski definition) is 4. The Kier molecular flexibility index (Phi) is 5.36. The van der Waals surface area contributed by atoms with E-state index in [-0.39, 0.29) is 17.6 Å². The molecule has 2 aromatic heterocycles. The zero-order valence-corrected chi connectivity index (χ0v) is 15.6. The van der Waals surface area contributed by atoms with Crippen molar-refractivity contribution in [3.63, 3.8) is 0 Å². The number of carbonyl (C=O) groups excluding carboxylic acids is 1. The van der Waals surface area contributed by atoms with Crippen molar-refractivity contribution in [3.8, 4) is 11.4 Å². The first-order chi connectivity index (χ1) is 13.2. The number of hydrogen-bond donors (Lipinski definition) is 1. The molecule has 2 fully saturated rings. The summed E-state index contributed by atoms with van der Waals surface area (Å²) in [7, 11) is 0. The molecule has 2 heterocycles. The summed E-state index contributed by atoms with van der Waals surface area (Å²) in [5, 5.41) is 7.49. The third-order valence-electron chi connectivity index (χ3n) is 5.55. The van der Waals surface area contributed by atoms with Gasteiger partial charge in [0, 0.05) is 37.0 Å². The van der Waals surface area contributed by atoms with Gasteiger partial charge in [-0.1, -0.05) is 19.3 Å². The fourth-order valence-electron chi connectivity index (χ4n) is 3.95. The molecule has 4 rings (SSSR count). The van der Waals surface area contributed by atoms with Crippen LogP contribution >= 0.6 is 0 Å². The first kappa shape index (κ1) is 17.9. The highest BCUT2D eigenvalue weighted by Crippen LogP contribution is 2.36. The Morgan fingerprint density at radius 1 is 1.19 bits per heavy atom. The second kappa shape index (κ2) is 8.06. The number of carbonyl (C=O) groups is 1. The van der Waals surface area contributed by atoms with Crippen LogP contribution in [-0.2, 0) is 11.3 Å². The average Bonchev–Trinajstić information content (AvgIpc) is 3.47. The molecule has 1 amide bonds. The van der Waals surface area contributed by atoms with Gasteiger partial charge in [0.1, 0.15) is 0 Å². The maximum Gasteiger partial charge on any atom is 0.346 e. The average molecular weight is 369 g/mol. The van der Waals surface area contributed by atoms with E-state index < -0.39 is 0 Å². The van der Waals surface area contributed by atoms with Crippen molar-refractivity contribution in [1.29, 1.82) is 0 Å². The second-order valence-electron chi connectivity index (χ2n) is 7.73. The van der Waals surface area contributed by atoms with E-state index in [1.54, 1.807) is 17.0 Å². The molecule has 0 atom stereocenters. The number of nitrogens with one attached hydrogen (secondary N) is 1. The Balaban J connectivity index is 1.39. The van der Waals surface area contributed by atoms with Gasteiger partial charge in [-0.25, -0.2) is 9.48 Å². The number of amides is 1. The number of nitrogens with zero attached hydrogens (tertiary/aromatic N) is 4. The molecule has 27 heavy (non-hydrogen) atoms. The van der Waals surface area contributed by atoms with Crippen molar-refractivity contribution < 1.29 is 4.79 Å². The Morgan fingerprint density at radius 2 is 2.00 bits per heavy atom. The van der Waals surface area contributed by atoms with Gasteiger partial charge in [-0.3, -0.25) is 14.3 Å². The SMILES string of the molecule is O=C(CC1CCCCC1)NCCn1nc(-c2cccnc2)n(C2CC2)c1=O. The first-order valence-electron chi connectivity index (χ1n) is 10.1. The molecule has 144 valence electrons. The molecule has 2 aromatic rings. The molecule has 0 aliphatic heterocycles. The summed E-state index contributed by atoms with van der Waals surface area (Å²) >= 11 is 0. The van der Waals surface area contributed by atoms with E-state index in [9.17, 15) is 9.59 Å².